The first-order valence-corrected chi connectivity index (χ1v) is 8.33. The van der Waals surface area contributed by atoms with E-state index in [0.717, 1.165) is 0 Å². The Labute approximate surface area is 146 Å². The van der Waals surface area contributed by atoms with Gasteiger partial charge in [0.2, 0.25) is 0 Å². The molecule has 23 heavy (non-hydrogen) atoms. The second kappa shape index (κ2) is 7.90. The molecule has 0 unspecified atom stereocenters. The first-order chi connectivity index (χ1) is 10.1. The van der Waals surface area contributed by atoms with Crippen LogP contribution in [0.1, 0.15) is 38.5 Å². The van der Waals surface area contributed by atoms with Gasteiger partial charge >= 0.3 is 25.0 Å². The predicted octanol–water partition coefficient (Wildman–Crippen LogP) is 4.12. The van der Waals surface area contributed by atoms with Gasteiger partial charge in [0.05, 0.1) is 0 Å². The van der Waals surface area contributed by atoms with E-state index in [0.29, 0.717) is 0 Å². The van der Waals surface area contributed by atoms with Gasteiger partial charge in [-0.3, -0.25) is 0 Å². The summed E-state index contributed by atoms with van der Waals surface area (Å²) >= 11 is 0. The summed E-state index contributed by atoms with van der Waals surface area (Å²) in [6, 6.07) is 0. The minimum Gasteiger partial charge on any atom is -0.741 e. The van der Waals surface area contributed by atoms with Gasteiger partial charge in [-0.15, -0.1) is 0 Å². The standard InChI is InChI=1S/2C7H8.CHF3O3S.Rh/c2*1-2-7-4-3-6(1)5-7;2-1(3,4)8(5,6)7;/h2*1-2H,3-5H2;(H,5,6,7);/q;;;+1/p-1. The largest absolute Gasteiger partial charge is 1.00 e. The Morgan fingerprint density at radius 3 is 1.04 bits per heavy atom. The molecule has 0 amide bonds. The monoisotopic (exact) mass is 436 g/mol. The van der Waals surface area contributed by atoms with Gasteiger partial charge in [-0.2, -0.15) is 13.2 Å². The number of fused-ring (bicyclic) bond motifs is 4. The molecule has 2 fully saturated rings. The molecule has 130 valence electrons. The molecule has 4 rings (SSSR count). The first kappa shape index (κ1) is 20.3. The maximum atomic E-state index is 10.7. The summed E-state index contributed by atoms with van der Waals surface area (Å²) in [6.07, 6.45) is 17.1. The van der Waals surface area contributed by atoms with Crippen LogP contribution >= 0.6 is 0 Å². The fourth-order valence-electron chi connectivity index (χ4n) is 2.62. The predicted molar refractivity (Wildman–Crippen MR) is 75.8 cm³/mol. The molecule has 4 bridgehead atoms. The van der Waals surface area contributed by atoms with Crippen molar-refractivity contribution in [2.24, 2.45) is 0 Å². The van der Waals surface area contributed by atoms with Gasteiger partial charge in [-0.1, -0.05) is 46.6 Å². The van der Waals surface area contributed by atoms with Crippen molar-refractivity contribution >= 4 is 10.1 Å². The molecule has 3 nitrogen and oxygen atoms in total. The molecule has 0 aliphatic heterocycles. The Morgan fingerprint density at radius 2 is 1.00 bits per heavy atom. The Hall–Kier alpha value is -0.717. The van der Waals surface area contributed by atoms with E-state index in [2.05, 4.69) is 24.3 Å². The van der Waals surface area contributed by atoms with Gasteiger partial charge in [0.15, 0.2) is 10.1 Å². The molecule has 4 aliphatic rings. The van der Waals surface area contributed by atoms with E-state index < -0.39 is 15.6 Å². The molecule has 2 saturated carbocycles. The van der Waals surface area contributed by atoms with Crippen molar-refractivity contribution in [2.45, 2.75) is 44.0 Å². The first-order valence-electron chi connectivity index (χ1n) is 6.92. The van der Waals surface area contributed by atoms with E-state index in [4.69, 9.17) is 13.0 Å². The van der Waals surface area contributed by atoms with Gasteiger partial charge in [-0.25, -0.2) is 8.42 Å². The zero-order chi connectivity index (χ0) is 16.4. The summed E-state index contributed by atoms with van der Waals surface area (Å²) in [6.45, 7) is 0. The van der Waals surface area contributed by atoms with Crippen molar-refractivity contribution in [1.82, 2.24) is 0 Å². The Morgan fingerprint density at radius 1 is 0.783 bits per heavy atom. The van der Waals surface area contributed by atoms with Crippen molar-refractivity contribution in [1.29, 1.82) is 0 Å². The fraction of sp³-hybridized carbons (Fsp3) is 0.467. The normalized spacial score (nSPS) is 20.2. The maximum Gasteiger partial charge on any atom is 1.00 e. The molecule has 0 aromatic heterocycles. The number of alkyl halides is 3. The number of hydrogen-bond donors (Lipinski definition) is 0. The SMILES string of the molecule is C1=C2CCC(=C1)C2.C1=C2CCC(=C1)C2.O=S(=O)([O-])C(F)(F)F.[Rh+]. The van der Waals surface area contributed by atoms with E-state index in [1.807, 2.05) is 0 Å². The fourth-order valence-corrected chi connectivity index (χ4v) is 2.62. The zero-order valence-electron chi connectivity index (χ0n) is 12.2. The topological polar surface area (TPSA) is 57.2 Å². The summed E-state index contributed by atoms with van der Waals surface area (Å²) in [4.78, 5) is 0. The third-order valence-corrected chi connectivity index (χ3v) is 4.40. The van der Waals surface area contributed by atoms with E-state index >= 15 is 0 Å². The molecule has 0 aromatic carbocycles. The summed E-state index contributed by atoms with van der Waals surface area (Å²) in [5.41, 5.74) is 0.947. The molecule has 0 radical (unpaired) electrons. The van der Waals surface area contributed by atoms with Crippen LogP contribution in [0, 0.1) is 0 Å². The molecule has 0 N–H and O–H groups in total. The molecule has 4 aliphatic carbocycles. The van der Waals surface area contributed by atoms with Gasteiger partial charge in [0, 0.05) is 0 Å². The summed E-state index contributed by atoms with van der Waals surface area (Å²) in [5.74, 6) is 0. The molecule has 0 atom stereocenters. The summed E-state index contributed by atoms with van der Waals surface area (Å²) in [5, 5.41) is 0. The molecule has 0 spiro atoms. The third-order valence-electron chi connectivity index (χ3n) is 3.84. The van der Waals surface area contributed by atoms with Crippen LogP contribution in [-0.4, -0.2) is 18.5 Å². The van der Waals surface area contributed by atoms with E-state index in [9.17, 15) is 13.2 Å². The summed E-state index contributed by atoms with van der Waals surface area (Å²) in [7, 11) is -6.09. The van der Waals surface area contributed by atoms with Gasteiger partial charge in [0.25, 0.3) is 0 Å². The van der Waals surface area contributed by atoms with Crippen LogP contribution in [0.15, 0.2) is 46.6 Å². The number of halogens is 3. The second-order valence-corrected chi connectivity index (χ2v) is 6.92. The summed E-state index contributed by atoms with van der Waals surface area (Å²) < 4.78 is 58.9. The molecule has 0 aromatic rings. The average Bonchev–Trinajstić information content (AvgIpc) is 3.20. The van der Waals surface area contributed by atoms with Crippen molar-refractivity contribution in [2.75, 3.05) is 0 Å². The zero-order valence-corrected chi connectivity index (χ0v) is 14.6. The quantitative estimate of drug-likeness (QED) is 0.326. The Bertz CT molecular complexity index is 597. The van der Waals surface area contributed by atoms with Crippen LogP contribution in [-0.2, 0) is 29.6 Å². The molecule has 0 saturated heterocycles. The van der Waals surface area contributed by atoms with Crippen LogP contribution in [0.3, 0.4) is 0 Å². The molecule has 8 heteroatoms. The van der Waals surface area contributed by atoms with E-state index in [-0.39, 0.29) is 19.5 Å². The Kier molecular flexibility index (Phi) is 6.99. The van der Waals surface area contributed by atoms with Crippen LogP contribution < -0.4 is 0 Å². The average molecular weight is 436 g/mol. The Balaban J connectivity index is 0.000000169. The number of rotatable bonds is 0. The molecule has 0 heterocycles. The number of hydrogen-bond acceptors (Lipinski definition) is 3. The van der Waals surface area contributed by atoms with E-state index in [1.54, 1.807) is 22.3 Å². The smallest absolute Gasteiger partial charge is 0.741 e. The van der Waals surface area contributed by atoms with Gasteiger partial charge < -0.3 is 4.55 Å². The number of allylic oxidation sites excluding steroid dienone is 8. The third kappa shape index (κ3) is 6.01. The van der Waals surface area contributed by atoms with Crippen molar-refractivity contribution < 1.29 is 45.6 Å². The minimum absolute atomic E-state index is 0. The van der Waals surface area contributed by atoms with Crippen LogP contribution in [0.5, 0.6) is 0 Å². The molecular weight excluding hydrogens is 420 g/mol. The van der Waals surface area contributed by atoms with E-state index in [1.165, 1.54) is 38.5 Å². The van der Waals surface area contributed by atoms with Crippen molar-refractivity contribution in [3.63, 3.8) is 0 Å². The van der Waals surface area contributed by atoms with Crippen LogP contribution in [0.2, 0.25) is 0 Å². The minimum atomic E-state index is -6.09. The molecular formula is C15H16F3O3RhS. The van der Waals surface area contributed by atoms with Crippen molar-refractivity contribution in [3.8, 4) is 0 Å². The van der Waals surface area contributed by atoms with Gasteiger partial charge in [-0.05, 0) is 38.5 Å². The van der Waals surface area contributed by atoms with Crippen LogP contribution in [0.4, 0.5) is 13.2 Å². The van der Waals surface area contributed by atoms with Crippen LogP contribution in [0.25, 0.3) is 0 Å². The van der Waals surface area contributed by atoms with Crippen molar-refractivity contribution in [3.05, 3.63) is 46.6 Å². The van der Waals surface area contributed by atoms with Gasteiger partial charge in [0.1, 0.15) is 0 Å². The maximum absolute atomic E-state index is 10.7. The second-order valence-electron chi connectivity index (χ2n) is 5.55.